The molecule has 0 saturated carbocycles. The molecule has 33 heavy (non-hydrogen) atoms. The first-order valence-corrected chi connectivity index (χ1v) is 11.6. The van der Waals surface area contributed by atoms with Crippen LogP contribution >= 0.6 is 0 Å². The van der Waals surface area contributed by atoms with Crippen LogP contribution in [0.4, 0.5) is 0 Å². The van der Waals surface area contributed by atoms with E-state index in [0.717, 1.165) is 17.5 Å². The molecule has 0 atom stereocenters. The number of nitrogens with one attached hydrogen (secondary N) is 1. The molecule has 166 valence electrons. The molecule has 0 saturated heterocycles. The lowest BCUT2D eigenvalue weighted by Gasteiger charge is -2.33. The van der Waals surface area contributed by atoms with E-state index in [1.54, 1.807) is 0 Å². The van der Waals surface area contributed by atoms with E-state index in [0.29, 0.717) is 6.54 Å². The van der Waals surface area contributed by atoms with Gasteiger partial charge in [0.1, 0.15) is 0 Å². The minimum absolute atomic E-state index is 0.0170. The van der Waals surface area contributed by atoms with E-state index in [1.165, 1.54) is 11.1 Å². The highest BCUT2D eigenvalue weighted by molar-refractivity contribution is 5.91. The van der Waals surface area contributed by atoms with Crippen molar-refractivity contribution in [1.82, 2.24) is 5.32 Å². The standard InChI is InChI=1S/C31H31NO/c1-30(25-15-7-3-8-16-25,26-17-9-4-10-18-26)23-24-32-29(33)31(2,27-19-11-5-12-20-27)28-21-13-6-14-22-28/h3-22H,23-24H2,1-2H3,(H,32,33). The van der Waals surface area contributed by atoms with Crippen LogP contribution in [0.3, 0.4) is 0 Å². The van der Waals surface area contributed by atoms with Crippen LogP contribution in [0.5, 0.6) is 0 Å². The number of hydrogen-bond acceptors (Lipinski definition) is 1. The molecular formula is C31H31NO. The lowest BCUT2D eigenvalue weighted by atomic mass is 9.73. The zero-order chi connectivity index (χ0) is 23.2. The first kappa shape index (κ1) is 22.5. The van der Waals surface area contributed by atoms with E-state index in [9.17, 15) is 4.79 Å². The fraction of sp³-hybridized carbons (Fsp3) is 0.194. The quantitative estimate of drug-likeness (QED) is 0.337. The van der Waals surface area contributed by atoms with E-state index in [4.69, 9.17) is 0 Å². The lowest BCUT2D eigenvalue weighted by Crippen LogP contribution is -2.44. The van der Waals surface area contributed by atoms with E-state index >= 15 is 0 Å². The van der Waals surface area contributed by atoms with Gasteiger partial charge < -0.3 is 5.32 Å². The number of carbonyl (C=O) groups is 1. The molecular weight excluding hydrogens is 402 g/mol. The van der Waals surface area contributed by atoms with Crippen molar-refractivity contribution in [1.29, 1.82) is 0 Å². The van der Waals surface area contributed by atoms with E-state index in [-0.39, 0.29) is 11.3 Å². The average Bonchev–Trinajstić information content (AvgIpc) is 2.90. The van der Waals surface area contributed by atoms with Gasteiger partial charge in [-0.3, -0.25) is 4.79 Å². The highest BCUT2D eigenvalue weighted by atomic mass is 16.2. The second-order valence-corrected chi connectivity index (χ2v) is 8.93. The Morgan fingerprint density at radius 3 is 1.27 bits per heavy atom. The summed E-state index contributed by atoms with van der Waals surface area (Å²) in [5.41, 5.74) is 3.51. The van der Waals surface area contributed by atoms with E-state index in [2.05, 4.69) is 60.8 Å². The minimum atomic E-state index is -0.765. The summed E-state index contributed by atoms with van der Waals surface area (Å²) in [4.78, 5) is 13.7. The number of rotatable bonds is 8. The van der Waals surface area contributed by atoms with Crippen molar-refractivity contribution in [3.8, 4) is 0 Å². The second-order valence-electron chi connectivity index (χ2n) is 8.93. The van der Waals surface area contributed by atoms with Gasteiger partial charge in [-0.15, -0.1) is 0 Å². The van der Waals surface area contributed by atoms with Gasteiger partial charge in [0.05, 0.1) is 5.41 Å². The van der Waals surface area contributed by atoms with Crippen LogP contribution in [0.15, 0.2) is 121 Å². The Balaban J connectivity index is 1.60. The Bertz CT molecular complexity index is 1080. The van der Waals surface area contributed by atoms with E-state index in [1.807, 2.05) is 79.7 Å². The van der Waals surface area contributed by atoms with Gasteiger partial charge in [0.15, 0.2) is 0 Å². The third kappa shape index (κ3) is 4.61. The van der Waals surface area contributed by atoms with Gasteiger partial charge in [-0.2, -0.15) is 0 Å². The van der Waals surface area contributed by atoms with Crippen molar-refractivity contribution in [3.63, 3.8) is 0 Å². The van der Waals surface area contributed by atoms with Crippen molar-refractivity contribution in [3.05, 3.63) is 144 Å². The zero-order valence-electron chi connectivity index (χ0n) is 19.4. The minimum Gasteiger partial charge on any atom is -0.355 e. The van der Waals surface area contributed by atoms with Crippen molar-refractivity contribution in [2.45, 2.75) is 31.1 Å². The Morgan fingerprint density at radius 1 is 0.576 bits per heavy atom. The Hall–Kier alpha value is -3.65. The molecule has 0 heterocycles. The van der Waals surface area contributed by atoms with Gasteiger partial charge in [0.2, 0.25) is 5.91 Å². The molecule has 0 bridgehead atoms. The number of benzene rings is 4. The molecule has 0 radical (unpaired) electrons. The summed E-state index contributed by atoms with van der Waals surface area (Å²) in [5.74, 6) is 0.0170. The average molecular weight is 434 g/mol. The summed E-state index contributed by atoms with van der Waals surface area (Å²) in [6.07, 6.45) is 0.798. The molecule has 0 aromatic heterocycles. The fourth-order valence-electron chi connectivity index (χ4n) is 4.64. The summed E-state index contributed by atoms with van der Waals surface area (Å²) in [5, 5.41) is 3.28. The van der Waals surface area contributed by atoms with Crippen LogP contribution in [0.1, 0.15) is 42.5 Å². The van der Waals surface area contributed by atoms with Crippen LogP contribution in [0.25, 0.3) is 0 Å². The SMILES string of the molecule is CC(CCNC(=O)C(C)(c1ccccc1)c1ccccc1)(c1ccccc1)c1ccccc1. The van der Waals surface area contributed by atoms with Crippen molar-refractivity contribution in [2.24, 2.45) is 0 Å². The Labute approximate surface area is 197 Å². The third-order valence-electron chi connectivity index (χ3n) is 6.89. The summed E-state index contributed by atoms with van der Waals surface area (Å²) in [6, 6.07) is 41.2. The number of hydrogen-bond donors (Lipinski definition) is 1. The molecule has 2 nitrogen and oxygen atoms in total. The monoisotopic (exact) mass is 433 g/mol. The van der Waals surface area contributed by atoms with Crippen molar-refractivity contribution in [2.75, 3.05) is 6.54 Å². The molecule has 4 aromatic rings. The van der Waals surface area contributed by atoms with Crippen molar-refractivity contribution < 1.29 is 4.79 Å². The molecule has 1 amide bonds. The molecule has 0 aliphatic rings. The summed E-state index contributed by atoms with van der Waals surface area (Å²) >= 11 is 0. The first-order chi connectivity index (χ1) is 16.0. The summed E-state index contributed by atoms with van der Waals surface area (Å²) in [6.45, 7) is 4.85. The van der Waals surface area contributed by atoms with Crippen LogP contribution in [-0.4, -0.2) is 12.5 Å². The Morgan fingerprint density at radius 2 is 0.909 bits per heavy atom. The largest absolute Gasteiger partial charge is 0.355 e. The fourth-order valence-corrected chi connectivity index (χ4v) is 4.64. The molecule has 0 fully saturated rings. The molecule has 0 aliphatic carbocycles. The molecule has 0 spiro atoms. The van der Waals surface area contributed by atoms with Crippen LogP contribution < -0.4 is 5.32 Å². The molecule has 4 aromatic carbocycles. The molecule has 4 rings (SSSR count). The first-order valence-electron chi connectivity index (χ1n) is 11.6. The molecule has 0 unspecified atom stereocenters. The predicted octanol–water partition coefficient (Wildman–Crippen LogP) is 6.51. The van der Waals surface area contributed by atoms with Gasteiger partial charge in [-0.05, 0) is 35.6 Å². The van der Waals surface area contributed by atoms with Gasteiger partial charge in [0, 0.05) is 12.0 Å². The molecule has 0 aliphatic heterocycles. The van der Waals surface area contributed by atoms with Crippen LogP contribution in [-0.2, 0) is 15.6 Å². The number of amides is 1. The van der Waals surface area contributed by atoms with Crippen LogP contribution in [0.2, 0.25) is 0 Å². The van der Waals surface area contributed by atoms with Gasteiger partial charge >= 0.3 is 0 Å². The predicted molar refractivity (Wildman–Crippen MR) is 136 cm³/mol. The smallest absolute Gasteiger partial charge is 0.234 e. The molecule has 1 N–H and O–H groups in total. The zero-order valence-corrected chi connectivity index (χ0v) is 19.4. The topological polar surface area (TPSA) is 29.1 Å². The maximum Gasteiger partial charge on any atom is 0.234 e. The van der Waals surface area contributed by atoms with E-state index < -0.39 is 5.41 Å². The van der Waals surface area contributed by atoms with Crippen molar-refractivity contribution >= 4 is 5.91 Å². The van der Waals surface area contributed by atoms with Gasteiger partial charge in [-0.1, -0.05) is 128 Å². The lowest BCUT2D eigenvalue weighted by molar-refractivity contribution is -0.124. The second kappa shape index (κ2) is 9.87. The number of carbonyl (C=O) groups excluding carboxylic acids is 1. The molecule has 2 heteroatoms. The maximum absolute atomic E-state index is 13.7. The Kier molecular flexibility index (Phi) is 6.74. The summed E-state index contributed by atoms with van der Waals surface area (Å²) < 4.78 is 0. The van der Waals surface area contributed by atoms with Crippen LogP contribution in [0, 0.1) is 0 Å². The normalized spacial score (nSPS) is 11.7. The highest BCUT2D eigenvalue weighted by Gasteiger charge is 2.37. The maximum atomic E-state index is 13.7. The van der Waals surface area contributed by atoms with Gasteiger partial charge in [0.25, 0.3) is 0 Å². The summed E-state index contributed by atoms with van der Waals surface area (Å²) in [7, 11) is 0. The third-order valence-corrected chi connectivity index (χ3v) is 6.89. The van der Waals surface area contributed by atoms with Gasteiger partial charge in [-0.25, -0.2) is 0 Å². The highest BCUT2D eigenvalue weighted by Crippen LogP contribution is 2.36.